The highest BCUT2D eigenvalue weighted by Crippen LogP contribution is 2.66. The van der Waals surface area contributed by atoms with Crippen LogP contribution in [0, 0.1) is 17.3 Å². The zero-order valence-electron chi connectivity index (χ0n) is 25.1. The fourth-order valence-corrected chi connectivity index (χ4v) is 9.79. The second kappa shape index (κ2) is 12.4. The Morgan fingerprint density at radius 1 is 1.13 bits per heavy atom. The molecule has 0 aromatic heterocycles. The molecule has 1 spiro atoms. The van der Waals surface area contributed by atoms with Gasteiger partial charge in [0.1, 0.15) is 6.04 Å². The number of carbonyl (C=O) groups is 3. The van der Waals surface area contributed by atoms with E-state index in [0.29, 0.717) is 39.0 Å². The number of aliphatic hydroxyl groups is 1. The van der Waals surface area contributed by atoms with Gasteiger partial charge in [-0.2, -0.15) is 0 Å². The van der Waals surface area contributed by atoms with E-state index in [1.165, 1.54) is 0 Å². The van der Waals surface area contributed by atoms with Gasteiger partial charge in [0, 0.05) is 43.6 Å². The molecule has 0 aromatic carbocycles. The molecule has 3 saturated heterocycles. The number of aliphatic hydroxyl groups excluding tert-OH is 1. The molecule has 1 N–H and O–H groups in total. The monoisotopic (exact) mass is 561 g/mol. The highest BCUT2D eigenvalue weighted by atomic mass is 32.2. The third kappa shape index (κ3) is 6.12. The molecule has 0 radical (unpaired) electrons. The first-order chi connectivity index (χ1) is 18.3. The summed E-state index contributed by atoms with van der Waals surface area (Å²) in [4.78, 5) is 48.5. The largest absolute Gasteiger partial charge is 0.396 e. The van der Waals surface area contributed by atoms with Crippen LogP contribution >= 0.6 is 11.8 Å². The maximum absolute atomic E-state index is 14.7. The molecule has 8 heteroatoms. The number of rotatable bonds is 14. The SMILES string of the molecule is C=CCN(CCC)C(=O)[C@@H]1[C@@H]2CCC3(S2)C(C(=O)N(CC=C)C(C)(C)CC(C)(C)C)N(CCCCO)C(=O)[C@H]13. The second-order valence-electron chi connectivity index (χ2n) is 13.4. The van der Waals surface area contributed by atoms with Crippen LogP contribution in [0.4, 0.5) is 0 Å². The van der Waals surface area contributed by atoms with Gasteiger partial charge in [0.2, 0.25) is 17.7 Å². The summed E-state index contributed by atoms with van der Waals surface area (Å²) in [7, 11) is 0. The highest BCUT2D eigenvalue weighted by molar-refractivity contribution is 8.02. The fourth-order valence-electron chi connectivity index (χ4n) is 7.58. The highest BCUT2D eigenvalue weighted by Gasteiger charge is 2.74. The lowest BCUT2D eigenvalue weighted by molar-refractivity contribution is -0.147. The number of thioether (sulfide) groups is 1. The van der Waals surface area contributed by atoms with Gasteiger partial charge < -0.3 is 19.8 Å². The molecule has 3 aliphatic heterocycles. The number of hydrogen-bond donors (Lipinski definition) is 1. The Kier molecular flexibility index (Phi) is 10.1. The predicted molar refractivity (Wildman–Crippen MR) is 159 cm³/mol. The number of nitrogens with zero attached hydrogens (tertiary/aromatic N) is 3. The van der Waals surface area contributed by atoms with Crippen LogP contribution in [0.15, 0.2) is 25.3 Å². The van der Waals surface area contributed by atoms with Gasteiger partial charge in [-0.3, -0.25) is 14.4 Å². The summed E-state index contributed by atoms with van der Waals surface area (Å²) >= 11 is 1.72. The van der Waals surface area contributed by atoms with E-state index in [1.54, 1.807) is 28.8 Å². The summed E-state index contributed by atoms with van der Waals surface area (Å²) in [6.45, 7) is 22.5. The Balaban J connectivity index is 2.06. The second-order valence-corrected chi connectivity index (χ2v) is 15.0. The first-order valence-electron chi connectivity index (χ1n) is 14.7. The van der Waals surface area contributed by atoms with E-state index in [2.05, 4.69) is 47.8 Å². The van der Waals surface area contributed by atoms with Gasteiger partial charge in [-0.25, -0.2) is 0 Å². The molecule has 0 saturated carbocycles. The van der Waals surface area contributed by atoms with E-state index in [4.69, 9.17) is 0 Å². The average molecular weight is 562 g/mol. The van der Waals surface area contributed by atoms with E-state index in [9.17, 15) is 19.5 Å². The molecule has 0 aliphatic carbocycles. The third-order valence-corrected chi connectivity index (χ3v) is 10.5. The maximum Gasteiger partial charge on any atom is 0.247 e. The molecule has 3 aliphatic rings. The number of unbranched alkanes of at least 4 members (excludes halogenated alkanes) is 1. The van der Waals surface area contributed by atoms with Gasteiger partial charge in [-0.15, -0.1) is 24.9 Å². The molecule has 39 heavy (non-hydrogen) atoms. The normalized spacial score (nSPS) is 28.0. The summed E-state index contributed by atoms with van der Waals surface area (Å²) in [5.41, 5.74) is -0.446. The van der Waals surface area contributed by atoms with Crippen LogP contribution in [0.2, 0.25) is 0 Å². The Hall–Kier alpha value is -1.80. The predicted octanol–water partition coefficient (Wildman–Crippen LogP) is 4.50. The smallest absolute Gasteiger partial charge is 0.247 e. The molecule has 3 fully saturated rings. The van der Waals surface area contributed by atoms with Crippen LogP contribution in [0.25, 0.3) is 0 Å². The molecule has 7 nitrogen and oxygen atoms in total. The molecule has 2 bridgehead atoms. The molecule has 0 aromatic rings. The topological polar surface area (TPSA) is 81.2 Å². The first kappa shape index (κ1) is 31.7. The Morgan fingerprint density at radius 3 is 2.36 bits per heavy atom. The van der Waals surface area contributed by atoms with Gasteiger partial charge >= 0.3 is 0 Å². The standard InChI is InChI=1S/C31H51N3O4S/c1-9-16-32(17-10-2)26(36)23-22-14-15-31(39-22)24(23)27(37)33(19-12-13-20-35)25(31)28(38)34(18-11-3)30(7,8)21-29(4,5)6/h9,11,22-25,35H,1,3,10,12-21H2,2,4-8H3/t22-,23+,24-,25?,31?/m0/s1. The minimum atomic E-state index is -0.625. The van der Waals surface area contributed by atoms with Gasteiger partial charge in [0.05, 0.1) is 16.6 Å². The number of amides is 3. The van der Waals surface area contributed by atoms with Crippen molar-refractivity contribution < 1.29 is 19.5 Å². The molecule has 3 amide bonds. The minimum Gasteiger partial charge on any atom is -0.396 e. The summed E-state index contributed by atoms with van der Waals surface area (Å²) in [5.74, 6) is -1.01. The van der Waals surface area contributed by atoms with Crippen molar-refractivity contribution in [2.45, 2.75) is 102 Å². The molecule has 5 atom stereocenters. The Labute approximate surface area is 240 Å². The quantitative estimate of drug-likeness (QED) is 0.249. The van der Waals surface area contributed by atoms with Crippen molar-refractivity contribution >= 4 is 29.5 Å². The Morgan fingerprint density at radius 2 is 1.79 bits per heavy atom. The van der Waals surface area contributed by atoms with Crippen LogP contribution in [0.1, 0.15) is 80.1 Å². The third-order valence-electron chi connectivity index (χ3n) is 8.55. The molecule has 2 unspecified atom stereocenters. The average Bonchev–Trinajstić information content (AvgIpc) is 3.48. The van der Waals surface area contributed by atoms with E-state index < -0.39 is 28.2 Å². The van der Waals surface area contributed by atoms with Gasteiger partial charge in [0.25, 0.3) is 0 Å². The Bertz CT molecular complexity index is 945. The van der Waals surface area contributed by atoms with E-state index in [-0.39, 0.29) is 35.0 Å². The minimum absolute atomic E-state index is 0.00228. The van der Waals surface area contributed by atoms with Crippen molar-refractivity contribution in [2.75, 3.05) is 32.8 Å². The lowest BCUT2D eigenvalue weighted by Gasteiger charge is -2.46. The van der Waals surface area contributed by atoms with Crippen LogP contribution < -0.4 is 0 Å². The first-order valence-corrected chi connectivity index (χ1v) is 15.6. The van der Waals surface area contributed by atoms with Crippen molar-refractivity contribution in [2.24, 2.45) is 17.3 Å². The van der Waals surface area contributed by atoms with Gasteiger partial charge in [-0.05, 0) is 57.8 Å². The van der Waals surface area contributed by atoms with Crippen molar-refractivity contribution in [3.05, 3.63) is 25.3 Å². The molecule has 220 valence electrons. The van der Waals surface area contributed by atoms with E-state index in [0.717, 1.165) is 25.7 Å². The maximum atomic E-state index is 14.7. The van der Waals surface area contributed by atoms with Crippen LogP contribution in [0.3, 0.4) is 0 Å². The van der Waals surface area contributed by atoms with Crippen LogP contribution in [-0.2, 0) is 14.4 Å². The van der Waals surface area contributed by atoms with Gasteiger partial charge in [-0.1, -0.05) is 39.8 Å². The molecule has 3 rings (SSSR count). The van der Waals surface area contributed by atoms with Crippen LogP contribution in [0.5, 0.6) is 0 Å². The molecular weight excluding hydrogens is 510 g/mol. The van der Waals surface area contributed by atoms with Gasteiger partial charge in [0.15, 0.2) is 0 Å². The summed E-state index contributed by atoms with van der Waals surface area (Å²) in [6.07, 6.45) is 7.92. The number of likely N-dealkylation sites (tertiary alicyclic amines) is 1. The lowest BCUT2D eigenvalue weighted by atomic mass is 9.70. The zero-order chi connectivity index (χ0) is 29.2. The van der Waals surface area contributed by atoms with Crippen LogP contribution in [-0.4, -0.2) is 91.9 Å². The zero-order valence-corrected chi connectivity index (χ0v) is 25.9. The van der Waals surface area contributed by atoms with E-state index >= 15 is 0 Å². The lowest BCUT2D eigenvalue weighted by Crippen LogP contribution is -2.60. The number of fused-ring (bicyclic) bond motifs is 1. The number of carbonyl (C=O) groups excluding carboxylic acids is 3. The van der Waals surface area contributed by atoms with Crippen molar-refractivity contribution in [3.8, 4) is 0 Å². The van der Waals surface area contributed by atoms with E-state index in [1.807, 2.05) is 16.7 Å². The molecular formula is C31H51N3O4S. The van der Waals surface area contributed by atoms with Crippen molar-refractivity contribution in [1.29, 1.82) is 0 Å². The summed E-state index contributed by atoms with van der Waals surface area (Å²) in [6, 6.07) is -0.625. The summed E-state index contributed by atoms with van der Waals surface area (Å²) in [5, 5.41) is 9.49. The molecule has 3 heterocycles. The van der Waals surface area contributed by atoms with Crippen molar-refractivity contribution in [3.63, 3.8) is 0 Å². The summed E-state index contributed by atoms with van der Waals surface area (Å²) < 4.78 is -0.609. The number of hydrogen-bond acceptors (Lipinski definition) is 5. The fraction of sp³-hybridized carbons (Fsp3) is 0.774. The van der Waals surface area contributed by atoms with Crippen molar-refractivity contribution in [1.82, 2.24) is 14.7 Å².